The number of nitro benzene ring substituents is 1. The second-order valence-corrected chi connectivity index (χ2v) is 5.73. The van der Waals surface area contributed by atoms with Crippen molar-refractivity contribution in [3.8, 4) is 11.5 Å². The second kappa shape index (κ2) is 7.85. The highest BCUT2D eigenvalue weighted by atomic mass is 35.5. The van der Waals surface area contributed by atoms with Crippen LogP contribution in [0.5, 0.6) is 11.5 Å². The summed E-state index contributed by atoms with van der Waals surface area (Å²) in [6.07, 6.45) is 0. The van der Waals surface area contributed by atoms with Crippen molar-refractivity contribution in [3.05, 3.63) is 56.6 Å². The monoisotopic (exact) mass is 364 g/mol. The van der Waals surface area contributed by atoms with Crippen molar-refractivity contribution in [2.24, 2.45) is 0 Å². The molecule has 0 unspecified atom stereocenters. The van der Waals surface area contributed by atoms with Gasteiger partial charge in [0.15, 0.2) is 12.4 Å². The van der Waals surface area contributed by atoms with Crippen LogP contribution in [-0.2, 0) is 4.79 Å². The van der Waals surface area contributed by atoms with Gasteiger partial charge in [-0.3, -0.25) is 14.9 Å². The summed E-state index contributed by atoms with van der Waals surface area (Å²) in [5.74, 6) is 0.200. The van der Waals surface area contributed by atoms with E-state index in [0.29, 0.717) is 10.8 Å². The molecule has 0 fully saturated rings. The smallest absolute Gasteiger partial charge is 0.312 e. The molecule has 0 radical (unpaired) electrons. The summed E-state index contributed by atoms with van der Waals surface area (Å²) in [6.45, 7) is 3.46. The number of benzene rings is 2. The molecule has 7 nitrogen and oxygen atoms in total. The Bertz CT molecular complexity index is 800. The van der Waals surface area contributed by atoms with Gasteiger partial charge in [0, 0.05) is 16.8 Å². The van der Waals surface area contributed by atoms with E-state index < -0.39 is 10.8 Å². The molecule has 0 aliphatic rings. The van der Waals surface area contributed by atoms with E-state index in [-0.39, 0.29) is 23.7 Å². The first-order valence-corrected chi connectivity index (χ1v) is 7.71. The highest BCUT2D eigenvalue weighted by molar-refractivity contribution is 6.32. The van der Waals surface area contributed by atoms with E-state index in [2.05, 4.69) is 5.32 Å². The largest absolute Gasteiger partial charge is 0.490 e. The van der Waals surface area contributed by atoms with Crippen LogP contribution in [0.15, 0.2) is 30.3 Å². The predicted molar refractivity (Wildman–Crippen MR) is 94.7 cm³/mol. The van der Waals surface area contributed by atoms with Gasteiger partial charge in [-0.1, -0.05) is 11.6 Å². The van der Waals surface area contributed by atoms with E-state index in [4.69, 9.17) is 21.1 Å². The number of halogens is 1. The number of amides is 1. The second-order valence-electron chi connectivity index (χ2n) is 5.35. The first-order chi connectivity index (χ1) is 11.8. The molecule has 0 bridgehead atoms. The maximum Gasteiger partial charge on any atom is 0.312 e. The van der Waals surface area contributed by atoms with Crippen molar-refractivity contribution in [2.75, 3.05) is 19.0 Å². The minimum absolute atomic E-state index is 0.117. The Hall–Kier alpha value is -2.80. The number of nitrogens with one attached hydrogen (secondary N) is 1. The summed E-state index contributed by atoms with van der Waals surface area (Å²) in [5, 5.41) is 14.2. The van der Waals surface area contributed by atoms with Crippen LogP contribution in [0.2, 0.25) is 5.02 Å². The molecule has 132 valence electrons. The Labute approximate surface area is 149 Å². The van der Waals surface area contributed by atoms with Crippen LogP contribution in [-0.4, -0.2) is 24.5 Å². The van der Waals surface area contributed by atoms with Gasteiger partial charge in [-0.05, 0) is 49.2 Å². The van der Waals surface area contributed by atoms with E-state index in [1.165, 1.54) is 25.3 Å². The normalized spacial score (nSPS) is 10.2. The summed E-state index contributed by atoms with van der Waals surface area (Å²) in [5.41, 5.74) is 1.75. The summed E-state index contributed by atoms with van der Waals surface area (Å²) in [7, 11) is 1.34. The number of methoxy groups -OCH3 is 1. The van der Waals surface area contributed by atoms with Crippen LogP contribution in [0.4, 0.5) is 11.4 Å². The third kappa shape index (κ3) is 4.60. The van der Waals surface area contributed by atoms with Gasteiger partial charge in [-0.25, -0.2) is 0 Å². The standard InChI is InChI=1S/C17H17ClN2O5/c1-10-6-13(7-11(2)17(10)18)25-9-16(21)19-12-4-5-15(24-3)14(8-12)20(22)23/h4-8H,9H2,1-3H3,(H,19,21). The molecule has 0 heterocycles. The molecule has 25 heavy (non-hydrogen) atoms. The van der Waals surface area contributed by atoms with Crippen LogP contribution in [0.25, 0.3) is 0 Å². The molecule has 2 rings (SSSR count). The number of nitrogens with zero attached hydrogens (tertiary/aromatic N) is 1. The molecule has 1 amide bonds. The predicted octanol–water partition coefficient (Wildman–Crippen LogP) is 3.89. The van der Waals surface area contributed by atoms with Gasteiger partial charge in [-0.2, -0.15) is 0 Å². The van der Waals surface area contributed by atoms with Crippen molar-refractivity contribution in [2.45, 2.75) is 13.8 Å². The van der Waals surface area contributed by atoms with E-state index in [9.17, 15) is 14.9 Å². The Morgan fingerprint density at radius 1 is 1.24 bits per heavy atom. The molecule has 1 N–H and O–H groups in total. The average Bonchev–Trinajstić information content (AvgIpc) is 2.57. The third-order valence-electron chi connectivity index (χ3n) is 3.44. The van der Waals surface area contributed by atoms with Gasteiger partial charge in [0.1, 0.15) is 5.75 Å². The molecule has 0 aromatic heterocycles. The average molecular weight is 365 g/mol. The van der Waals surface area contributed by atoms with Gasteiger partial charge in [0.05, 0.1) is 12.0 Å². The summed E-state index contributed by atoms with van der Waals surface area (Å²) in [4.78, 5) is 22.4. The molecule has 0 spiro atoms. The molecule has 0 saturated heterocycles. The zero-order chi connectivity index (χ0) is 18.6. The number of carbonyl (C=O) groups is 1. The summed E-state index contributed by atoms with van der Waals surface area (Å²) >= 11 is 6.08. The highest BCUT2D eigenvalue weighted by Gasteiger charge is 2.16. The fourth-order valence-electron chi connectivity index (χ4n) is 2.25. The number of hydrogen-bond donors (Lipinski definition) is 1. The van der Waals surface area contributed by atoms with Crippen LogP contribution in [0.3, 0.4) is 0 Å². The van der Waals surface area contributed by atoms with E-state index >= 15 is 0 Å². The zero-order valence-electron chi connectivity index (χ0n) is 14.0. The summed E-state index contributed by atoms with van der Waals surface area (Å²) in [6, 6.07) is 7.63. The number of aryl methyl sites for hydroxylation is 2. The van der Waals surface area contributed by atoms with Gasteiger partial charge >= 0.3 is 5.69 Å². The van der Waals surface area contributed by atoms with Crippen molar-refractivity contribution in [1.29, 1.82) is 0 Å². The molecular weight excluding hydrogens is 348 g/mol. The van der Waals surface area contributed by atoms with Gasteiger partial charge in [-0.15, -0.1) is 0 Å². The van der Waals surface area contributed by atoms with Gasteiger partial charge in [0.2, 0.25) is 0 Å². The lowest BCUT2D eigenvalue weighted by Gasteiger charge is -2.11. The third-order valence-corrected chi connectivity index (χ3v) is 4.04. The zero-order valence-corrected chi connectivity index (χ0v) is 14.7. The topological polar surface area (TPSA) is 90.7 Å². The molecule has 0 atom stereocenters. The van der Waals surface area contributed by atoms with Crippen LogP contribution < -0.4 is 14.8 Å². The number of rotatable bonds is 6. The first-order valence-electron chi connectivity index (χ1n) is 7.33. The summed E-state index contributed by atoms with van der Waals surface area (Å²) < 4.78 is 10.4. The van der Waals surface area contributed by atoms with Gasteiger partial charge in [0.25, 0.3) is 5.91 Å². The number of carbonyl (C=O) groups excluding carboxylic acids is 1. The van der Waals surface area contributed by atoms with Crippen molar-refractivity contribution in [3.63, 3.8) is 0 Å². The van der Waals surface area contributed by atoms with E-state index in [1.807, 2.05) is 13.8 Å². The fraction of sp³-hybridized carbons (Fsp3) is 0.235. The molecular formula is C17H17ClN2O5. The number of nitro groups is 1. The minimum atomic E-state index is -0.579. The lowest BCUT2D eigenvalue weighted by Crippen LogP contribution is -2.20. The van der Waals surface area contributed by atoms with E-state index in [1.54, 1.807) is 12.1 Å². The Morgan fingerprint density at radius 3 is 2.44 bits per heavy atom. The molecule has 0 saturated carbocycles. The SMILES string of the molecule is COc1ccc(NC(=O)COc2cc(C)c(Cl)c(C)c2)cc1[N+](=O)[O-]. The van der Waals surface area contributed by atoms with E-state index in [0.717, 1.165) is 11.1 Å². The van der Waals surface area contributed by atoms with Crippen LogP contribution in [0.1, 0.15) is 11.1 Å². The molecule has 2 aromatic rings. The van der Waals surface area contributed by atoms with Crippen molar-refractivity contribution < 1.29 is 19.2 Å². The quantitative estimate of drug-likeness (QED) is 0.620. The minimum Gasteiger partial charge on any atom is -0.490 e. The Kier molecular flexibility index (Phi) is 5.82. The van der Waals surface area contributed by atoms with Crippen molar-refractivity contribution >= 4 is 28.9 Å². The molecule has 0 aliphatic carbocycles. The lowest BCUT2D eigenvalue weighted by atomic mass is 10.1. The number of hydrogen-bond acceptors (Lipinski definition) is 5. The lowest BCUT2D eigenvalue weighted by molar-refractivity contribution is -0.385. The van der Waals surface area contributed by atoms with Crippen LogP contribution in [0, 0.1) is 24.0 Å². The number of anilines is 1. The first kappa shape index (κ1) is 18.5. The molecule has 8 heteroatoms. The van der Waals surface area contributed by atoms with Gasteiger partial charge < -0.3 is 14.8 Å². The van der Waals surface area contributed by atoms with Crippen molar-refractivity contribution in [1.82, 2.24) is 0 Å². The molecule has 0 aliphatic heterocycles. The van der Waals surface area contributed by atoms with Crippen LogP contribution >= 0.6 is 11.6 Å². The number of ether oxygens (including phenoxy) is 2. The maximum atomic E-state index is 12.0. The molecule has 2 aromatic carbocycles. The Morgan fingerprint density at radius 2 is 1.88 bits per heavy atom. The maximum absolute atomic E-state index is 12.0. The fourth-order valence-corrected chi connectivity index (χ4v) is 2.35. The Balaban J connectivity index is 2.03. The highest BCUT2D eigenvalue weighted by Crippen LogP contribution is 2.29.